The first-order valence-corrected chi connectivity index (χ1v) is 13.3. The molecule has 2 aromatic heterocycles. The van der Waals surface area contributed by atoms with Crippen LogP contribution in [0.4, 0.5) is 14.7 Å². The van der Waals surface area contributed by atoms with Gasteiger partial charge in [0.05, 0.1) is 36.9 Å². The number of hydrogen-bond donors (Lipinski definition) is 2. The minimum Gasteiger partial charge on any atom is -0.477 e. The van der Waals surface area contributed by atoms with Gasteiger partial charge in [0.1, 0.15) is 12.0 Å². The van der Waals surface area contributed by atoms with Crippen LogP contribution < -0.4 is 15.0 Å². The lowest BCUT2D eigenvalue weighted by Gasteiger charge is -2.42. The number of amides is 1. The molecule has 3 aliphatic rings. The van der Waals surface area contributed by atoms with E-state index in [4.69, 9.17) is 9.47 Å². The molecule has 0 bridgehead atoms. The Hall–Kier alpha value is -3.42. The SMILES string of the molecule is O=C(C1CCCC(O)N1)N1CC(COc2cc(-n3c(C(F)F)nc4ccccc43)nc(N3CCOCC3)n2)C1. The van der Waals surface area contributed by atoms with Crippen LogP contribution in [0, 0.1) is 5.92 Å². The van der Waals surface area contributed by atoms with E-state index in [9.17, 15) is 18.7 Å². The summed E-state index contributed by atoms with van der Waals surface area (Å²) in [5.41, 5.74) is 0.959. The Morgan fingerprint density at radius 2 is 1.95 bits per heavy atom. The number of benzene rings is 1. The molecule has 3 saturated heterocycles. The van der Waals surface area contributed by atoms with Gasteiger partial charge in [0.25, 0.3) is 6.43 Å². The van der Waals surface area contributed by atoms with Gasteiger partial charge in [-0.1, -0.05) is 12.1 Å². The second-order valence-electron chi connectivity index (χ2n) is 10.1. The molecule has 1 aromatic carbocycles. The number of piperidine rings is 1. The first-order chi connectivity index (χ1) is 19.0. The van der Waals surface area contributed by atoms with Crippen molar-refractivity contribution in [3.05, 3.63) is 36.2 Å². The predicted octanol–water partition coefficient (Wildman–Crippen LogP) is 1.89. The monoisotopic (exact) mass is 543 g/mol. The first kappa shape index (κ1) is 25.8. The van der Waals surface area contributed by atoms with E-state index in [0.717, 1.165) is 6.42 Å². The molecule has 39 heavy (non-hydrogen) atoms. The van der Waals surface area contributed by atoms with Crippen LogP contribution in [-0.2, 0) is 9.53 Å². The molecule has 3 fully saturated rings. The van der Waals surface area contributed by atoms with Gasteiger partial charge >= 0.3 is 0 Å². The fourth-order valence-corrected chi connectivity index (χ4v) is 5.31. The summed E-state index contributed by atoms with van der Waals surface area (Å²) in [4.78, 5) is 29.8. The number of anilines is 1. The topological polar surface area (TPSA) is 118 Å². The maximum absolute atomic E-state index is 14.0. The van der Waals surface area contributed by atoms with Gasteiger partial charge in [-0.3, -0.25) is 14.7 Å². The Balaban J connectivity index is 1.21. The molecule has 3 aromatic rings. The normalized spacial score (nSPS) is 22.4. The van der Waals surface area contributed by atoms with E-state index in [1.54, 1.807) is 35.2 Å². The Kier molecular flexibility index (Phi) is 7.28. The van der Waals surface area contributed by atoms with Gasteiger partial charge in [-0.2, -0.15) is 9.97 Å². The number of carbonyl (C=O) groups excluding carboxylic acids is 1. The Morgan fingerprint density at radius 1 is 1.15 bits per heavy atom. The number of aromatic nitrogens is 4. The minimum absolute atomic E-state index is 0.00422. The summed E-state index contributed by atoms with van der Waals surface area (Å²) in [5.74, 6) is 0.590. The number of likely N-dealkylation sites (tertiary alicyclic amines) is 1. The number of aliphatic hydroxyl groups is 1. The van der Waals surface area contributed by atoms with Crippen molar-refractivity contribution in [2.24, 2.45) is 5.92 Å². The van der Waals surface area contributed by atoms with Gasteiger partial charge in [-0.25, -0.2) is 13.8 Å². The number of fused-ring (bicyclic) bond motifs is 1. The lowest BCUT2D eigenvalue weighted by molar-refractivity contribution is -0.142. The van der Waals surface area contributed by atoms with E-state index in [2.05, 4.69) is 20.3 Å². The maximum atomic E-state index is 14.0. The number of nitrogens with one attached hydrogen (secondary N) is 1. The van der Waals surface area contributed by atoms with Gasteiger partial charge in [-0.05, 0) is 31.4 Å². The zero-order valence-electron chi connectivity index (χ0n) is 21.4. The molecular formula is C26H31F2N7O4. The van der Waals surface area contributed by atoms with Crippen LogP contribution in [0.2, 0.25) is 0 Å². The number of nitrogens with zero attached hydrogens (tertiary/aromatic N) is 6. The molecule has 0 spiro atoms. The molecule has 1 amide bonds. The summed E-state index contributed by atoms with van der Waals surface area (Å²) in [6.45, 7) is 3.57. The van der Waals surface area contributed by atoms with Crippen LogP contribution in [0.3, 0.4) is 0 Å². The average Bonchev–Trinajstić information content (AvgIpc) is 3.33. The van der Waals surface area contributed by atoms with Crippen LogP contribution in [0.5, 0.6) is 5.88 Å². The predicted molar refractivity (Wildman–Crippen MR) is 137 cm³/mol. The van der Waals surface area contributed by atoms with E-state index in [0.29, 0.717) is 75.8 Å². The van der Waals surface area contributed by atoms with Crippen molar-refractivity contribution in [3.8, 4) is 11.7 Å². The van der Waals surface area contributed by atoms with Gasteiger partial charge in [0.2, 0.25) is 17.7 Å². The van der Waals surface area contributed by atoms with Crippen LogP contribution in [0.15, 0.2) is 30.3 Å². The van der Waals surface area contributed by atoms with Gasteiger partial charge in [0, 0.05) is 38.2 Å². The van der Waals surface area contributed by atoms with Crippen molar-refractivity contribution in [2.45, 2.75) is 38.0 Å². The van der Waals surface area contributed by atoms with Crippen molar-refractivity contribution >= 4 is 22.9 Å². The number of rotatable bonds is 7. The van der Waals surface area contributed by atoms with Crippen molar-refractivity contribution in [1.29, 1.82) is 0 Å². The summed E-state index contributed by atoms with van der Waals surface area (Å²) in [5, 5.41) is 12.8. The lowest BCUT2D eigenvalue weighted by atomic mass is 9.97. The average molecular weight is 544 g/mol. The quantitative estimate of drug-likeness (QED) is 0.461. The number of aliphatic hydroxyl groups excluding tert-OH is 1. The van der Waals surface area contributed by atoms with Crippen LogP contribution in [-0.4, -0.2) is 93.7 Å². The highest BCUT2D eigenvalue weighted by Gasteiger charge is 2.36. The van der Waals surface area contributed by atoms with Gasteiger partial charge in [-0.15, -0.1) is 0 Å². The van der Waals surface area contributed by atoms with E-state index in [-0.39, 0.29) is 29.6 Å². The molecule has 208 valence electrons. The fourth-order valence-electron chi connectivity index (χ4n) is 5.31. The Morgan fingerprint density at radius 3 is 2.72 bits per heavy atom. The van der Waals surface area contributed by atoms with E-state index in [1.165, 1.54) is 4.57 Å². The Labute approximate surface area is 223 Å². The third kappa shape index (κ3) is 5.38. The number of imidazole rings is 1. The largest absolute Gasteiger partial charge is 0.477 e. The molecule has 2 unspecified atom stereocenters. The van der Waals surface area contributed by atoms with E-state index >= 15 is 0 Å². The highest BCUT2D eigenvalue weighted by molar-refractivity contribution is 5.82. The second kappa shape index (κ2) is 11.0. The number of alkyl halides is 2. The summed E-state index contributed by atoms with van der Waals surface area (Å²) in [7, 11) is 0. The zero-order chi connectivity index (χ0) is 26.9. The third-order valence-corrected chi connectivity index (χ3v) is 7.38. The fraction of sp³-hybridized carbons (Fsp3) is 0.538. The van der Waals surface area contributed by atoms with Crippen molar-refractivity contribution in [3.63, 3.8) is 0 Å². The molecule has 6 rings (SSSR count). The summed E-state index contributed by atoms with van der Waals surface area (Å²) < 4.78 is 40.9. The van der Waals surface area contributed by atoms with Crippen molar-refractivity contribution < 1.29 is 28.2 Å². The van der Waals surface area contributed by atoms with Crippen LogP contribution in [0.1, 0.15) is 31.5 Å². The summed E-state index contributed by atoms with van der Waals surface area (Å²) >= 11 is 0. The molecule has 13 heteroatoms. The van der Waals surface area contributed by atoms with E-state index in [1.807, 2.05) is 4.90 Å². The van der Waals surface area contributed by atoms with Crippen molar-refractivity contribution in [2.75, 3.05) is 50.9 Å². The van der Waals surface area contributed by atoms with Crippen LogP contribution >= 0.6 is 0 Å². The zero-order valence-corrected chi connectivity index (χ0v) is 21.4. The smallest absolute Gasteiger partial charge is 0.296 e. The highest BCUT2D eigenvalue weighted by atomic mass is 19.3. The molecule has 0 aliphatic carbocycles. The molecule has 0 radical (unpaired) electrons. The number of halogens is 2. The van der Waals surface area contributed by atoms with E-state index < -0.39 is 18.5 Å². The molecular weight excluding hydrogens is 512 g/mol. The molecule has 11 nitrogen and oxygen atoms in total. The molecule has 2 N–H and O–H groups in total. The summed E-state index contributed by atoms with van der Waals surface area (Å²) in [6, 6.07) is 8.13. The third-order valence-electron chi connectivity index (χ3n) is 7.38. The molecule has 0 saturated carbocycles. The number of para-hydroxylation sites is 2. The number of carbonyl (C=O) groups is 1. The van der Waals surface area contributed by atoms with Gasteiger partial charge in [0.15, 0.2) is 5.82 Å². The number of morpholine rings is 1. The first-order valence-electron chi connectivity index (χ1n) is 13.3. The molecule has 3 aliphatic heterocycles. The molecule has 5 heterocycles. The minimum atomic E-state index is -2.80. The standard InChI is InChI=1S/C26H31F2N7O4/c27-23(28)24-30-17-4-1-2-6-19(17)35(24)20-12-22(32-26(31-20)33-8-10-38-11-9-33)39-15-16-13-34(14-16)25(37)18-5-3-7-21(36)29-18/h1-2,4,6,12,16,18,21,23,29,36H,3,5,7-11,13-15H2. The van der Waals surface area contributed by atoms with Crippen LogP contribution in [0.25, 0.3) is 16.9 Å². The second-order valence-corrected chi connectivity index (χ2v) is 10.1. The van der Waals surface area contributed by atoms with Gasteiger partial charge < -0.3 is 24.4 Å². The molecule has 2 atom stereocenters. The Bertz CT molecular complexity index is 1330. The maximum Gasteiger partial charge on any atom is 0.296 e. The summed E-state index contributed by atoms with van der Waals surface area (Å²) in [6.07, 6.45) is -1.26. The lowest BCUT2D eigenvalue weighted by Crippen LogP contribution is -2.59. The highest BCUT2D eigenvalue weighted by Crippen LogP contribution is 2.30. The number of ether oxygens (including phenoxy) is 2. The van der Waals surface area contributed by atoms with Crippen molar-refractivity contribution in [1.82, 2.24) is 29.7 Å². The number of hydrogen-bond acceptors (Lipinski definition) is 9.